The predicted molar refractivity (Wildman–Crippen MR) is 55.5 cm³/mol. The van der Waals surface area contributed by atoms with Crippen LogP contribution in [-0.2, 0) is 4.79 Å². The molecule has 1 atom stereocenters. The van der Waals surface area contributed by atoms with Gasteiger partial charge in [0.15, 0.2) is 6.10 Å². The van der Waals surface area contributed by atoms with Gasteiger partial charge in [-0.3, -0.25) is 0 Å². The first-order valence-electron chi connectivity index (χ1n) is 4.43. The molecule has 0 fully saturated rings. The maximum absolute atomic E-state index is 13.0. The van der Waals surface area contributed by atoms with Gasteiger partial charge in [-0.05, 0) is 17.7 Å². The Hall–Kier alpha value is -1.40. The standard InChI is InChI=1S/C10H9ClF2O4/c1-17-7-3-2-5(4-6(7)11)8(14)10(12,13)9(15)16/h2-4,8,14H,1H3,(H,15,16). The number of halogens is 3. The lowest BCUT2D eigenvalue weighted by molar-refractivity contribution is -0.182. The molecular weight excluding hydrogens is 258 g/mol. The maximum Gasteiger partial charge on any atom is 0.377 e. The van der Waals surface area contributed by atoms with Crippen LogP contribution >= 0.6 is 11.6 Å². The zero-order valence-corrected chi connectivity index (χ0v) is 9.41. The van der Waals surface area contributed by atoms with Crippen molar-refractivity contribution in [1.82, 2.24) is 0 Å². The van der Waals surface area contributed by atoms with E-state index in [9.17, 15) is 18.7 Å². The summed E-state index contributed by atoms with van der Waals surface area (Å²) in [6.07, 6.45) is -2.47. The van der Waals surface area contributed by atoms with Crippen molar-refractivity contribution in [2.24, 2.45) is 0 Å². The van der Waals surface area contributed by atoms with Gasteiger partial charge in [0.1, 0.15) is 5.75 Å². The van der Waals surface area contributed by atoms with Crippen LogP contribution < -0.4 is 4.74 Å². The Balaban J connectivity index is 3.09. The van der Waals surface area contributed by atoms with E-state index < -0.39 is 18.0 Å². The van der Waals surface area contributed by atoms with Gasteiger partial charge in [-0.25, -0.2) is 4.79 Å². The highest BCUT2D eigenvalue weighted by molar-refractivity contribution is 6.32. The highest BCUT2D eigenvalue weighted by atomic mass is 35.5. The van der Waals surface area contributed by atoms with Gasteiger partial charge in [-0.1, -0.05) is 17.7 Å². The summed E-state index contributed by atoms with van der Waals surface area (Å²) in [4.78, 5) is 10.3. The molecule has 0 spiro atoms. The monoisotopic (exact) mass is 266 g/mol. The van der Waals surface area contributed by atoms with Crippen molar-refractivity contribution in [1.29, 1.82) is 0 Å². The summed E-state index contributed by atoms with van der Waals surface area (Å²) in [5.74, 6) is -6.45. The number of alkyl halides is 2. The number of hydrogen-bond donors (Lipinski definition) is 2. The van der Waals surface area contributed by atoms with E-state index >= 15 is 0 Å². The summed E-state index contributed by atoms with van der Waals surface area (Å²) in [6.45, 7) is 0. The van der Waals surface area contributed by atoms with Gasteiger partial charge in [0, 0.05) is 0 Å². The number of aliphatic carboxylic acids is 1. The summed E-state index contributed by atoms with van der Waals surface area (Å²) in [5, 5.41) is 17.6. The van der Waals surface area contributed by atoms with Crippen LogP contribution in [0.25, 0.3) is 0 Å². The zero-order chi connectivity index (χ0) is 13.2. The lowest BCUT2D eigenvalue weighted by atomic mass is 10.0. The van der Waals surface area contributed by atoms with Crippen molar-refractivity contribution in [2.45, 2.75) is 12.0 Å². The number of hydrogen-bond acceptors (Lipinski definition) is 3. The minimum Gasteiger partial charge on any atom is -0.495 e. The van der Waals surface area contributed by atoms with E-state index in [0.717, 1.165) is 12.1 Å². The second kappa shape index (κ2) is 4.85. The molecule has 0 aromatic heterocycles. The molecule has 0 radical (unpaired) electrons. The van der Waals surface area contributed by atoms with Crippen molar-refractivity contribution in [3.63, 3.8) is 0 Å². The molecule has 0 aliphatic rings. The molecule has 0 aliphatic heterocycles. The lowest BCUT2D eigenvalue weighted by Gasteiger charge is -2.19. The Labute approximate surface area is 100 Å². The van der Waals surface area contributed by atoms with Gasteiger partial charge in [0.2, 0.25) is 0 Å². The quantitative estimate of drug-likeness (QED) is 0.876. The van der Waals surface area contributed by atoms with Crippen molar-refractivity contribution in [3.05, 3.63) is 28.8 Å². The van der Waals surface area contributed by atoms with Crippen molar-refractivity contribution >= 4 is 17.6 Å². The van der Waals surface area contributed by atoms with Gasteiger partial charge in [-0.2, -0.15) is 8.78 Å². The number of benzene rings is 1. The molecule has 0 bridgehead atoms. The second-order valence-corrected chi connectivity index (χ2v) is 3.63. The molecule has 1 unspecified atom stereocenters. The molecule has 17 heavy (non-hydrogen) atoms. The summed E-state index contributed by atoms with van der Waals surface area (Å²) in [6, 6.07) is 3.41. The Bertz CT molecular complexity index is 436. The van der Waals surface area contributed by atoms with Crippen LogP contribution in [-0.4, -0.2) is 29.2 Å². The summed E-state index contributed by atoms with van der Waals surface area (Å²) >= 11 is 5.67. The Morgan fingerprint density at radius 3 is 2.53 bits per heavy atom. The molecule has 0 saturated carbocycles. The molecule has 0 amide bonds. The van der Waals surface area contributed by atoms with Gasteiger partial charge in [0.25, 0.3) is 0 Å². The van der Waals surface area contributed by atoms with Crippen LogP contribution in [0.2, 0.25) is 5.02 Å². The average Bonchev–Trinajstić information content (AvgIpc) is 2.27. The fourth-order valence-corrected chi connectivity index (χ4v) is 1.45. The molecule has 4 nitrogen and oxygen atoms in total. The number of aliphatic hydroxyl groups excluding tert-OH is 1. The third-order valence-corrected chi connectivity index (χ3v) is 2.42. The van der Waals surface area contributed by atoms with E-state index in [2.05, 4.69) is 0 Å². The smallest absolute Gasteiger partial charge is 0.377 e. The summed E-state index contributed by atoms with van der Waals surface area (Å²) in [7, 11) is 1.34. The highest BCUT2D eigenvalue weighted by Gasteiger charge is 2.47. The third kappa shape index (κ3) is 2.65. The van der Waals surface area contributed by atoms with Crippen LogP contribution in [0.4, 0.5) is 8.78 Å². The van der Waals surface area contributed by atoms with Crippen LogP contribution in [0.1, 0.15) is 11.7 Å². The molecule has 0 heterocycles. The third-order valence-electron chi connectivity index (χ3n) is 2.12. The summed E-state index contributed by atoms with van der Waals surface area (Å²) in [5.41, 5.74) is -0.303. The highest BCUT2D eigenvalue weighted by Crippen LogP contribution is 2.35. The van der Waals surface area contributed by atoms with Crippen LogP contribution in [0.3, 0.4) is 0 Å². The van der Waals surface area contributed by atoms with E-state index in [4.69, 9.17) is 21.4 Å². The van der Waals surface area contributed by atoms with Crippen molar-refractivity contribution in [2.75, 3.05) is 7.11 Å². The number of methoxy groups -OCH3 is 1. The number of carboxylic acids is 1. The van der Waals surface area contributed by atoms with Gasteiger partial charge in [0.05, 0.1) is 12.1 Å². The first-order chi connectivity index (χ1) is 7.80. The number of ether oxygens (including phenoxy) is 1. The fraction of sp³-hybridized carbons (Fsp3) is 0.300. The lowest BCUT2D eigenvalue weighted by Crippen LogP contribution is -2.35. The molecular formula is C10H9ClF2O4. The Morgan fingerprint density at radius 2 is 2.12 bits per heavy atom. The first-order valence-corrected chi connectivity index (χ1v) is 4.81. The maximum atomic E-state index is 13.0. The van der Waals surface area contributed by atoms with Crippen LogP contribution in [0.15, 0.2) is 18.2 Å². The molecule has 1 aromatic rings. The minimum atomic E-state index is -4.28. The molecule has 1 rings (SSSR count). The number of carbonyl (C=O) groups is 1. The van der Waals surface area contributed by atoms with E-state index in [1.54, 1.807) is 0 Å². The molecule has 0 saturated heterocycles. The van der Waals surface area contributed by atoms with E-state index in [1.807, 2.05) is 0 Å². The number of rotatable bonds is 4. The van der Waals surface area contributed by atoms with Gasteiger partial charge >= 0.3 is 11.9 Å². The van der Waals surface area contributed by atoms with Gasteiger partial charge < -0.3 is 14.9 Å². The zero-order valence-electron chi connectivity index (χ0n) is 8.65. The van der Waals surface area contributed by atoms with Crippen LogP contribution in [0.5, 0.6) is 5.75 Å². The van der Waals surface area contributed by atoms with Crippen molar-refractivity contribution in [3.8, 4) is 5.75 Å². The SMILES string of the molecule is COc1ccc(C(O)C(F)(F)C(=O)O)cc1Cl. The molecule has 7 heteroatoms. The van der Waals surface area contributed by atoms with Crippen molar-refractivity contribution < 1.29 is 28.5 Å². The topological polar surface area (TPSA) is 66.8 Å². The first kappa shape index (κ1) is 13.7. The number of aliphatic hydroxyl groups is 1. The minimum absolute atomic E-state index is 0.00485. The second-order valence-electron chi connectivity index (χ2n) is 3.22. The van der Waals surface area contributed by atoms with E-state index in [1.165, 1.54) is 13.2 Å². The van der Waals surface area contributed by atoms with Gasteiger partial charge in [-0.15, -0.1) is 0 Å². The van der Waals surface area contributed by atoms with E-state index in [-0.39, 0.29) is 16.3 Å². The van der Waals surface area contributed by atoms with E-state index in [0.29, 0.717) is 0 Å². The predicted octanol–water partition coefficient (Wildman–Crippen LogP) is 2.10. The normalized spacial score (nSPS) is 13.2. The average molecular weight is 267 g/mol. The Morgan fingerprint density at radius 1 is 1.53 bits per heavy atom. The van der Waals surface area contributed by atoms with Crippen LogP contribution in [0, 0.1) is 0 Å². The number of carboxylic acid groups (broad SMARTS) is 1. The Kier molecular flexibility index (Phi) is 3.90. The molecule has 1 aromatic carbocycles. The fourth-order valence-electron chi connectivity index (χ4n) is 1.18. The molecule has 94 valence electrons. The molecule has 0 aliphatic carbocycles. The largest absolute Gasteiger partial charge is 0.495 e. The summed E-state index contributed by atoms with van der Waals surface area (Å²) < 4.78 is 30.8. The molecule has 2 N–H and O–H groups in total.